The van der Waals surface area contributed by atoms with E-state index in [0.29, 0.717) is 0 Å². The van der Waals surface area contributed by atoms with Gasteiger partial charge in [0.05, 0.1) is 6.10 Å². The molecule has 3 heteroatoms. The van der Waals surface area contributed by atoms with E-state index < -0.39 is 0 Å². The second kappa shape index (κ2) is 3.47. The Balaban J connectivity index is 2.38. The van der Waals surface area contributed by atoms with Crippen molar-refractivity contribution in [2.24, 2.45) is 5.41 Å². The largest absolute Gasteiger partial charge is 0.389 e. The lowest BCUT2D eigenvalue weighted by Gasteiger charge is -2.43. The van der Waals surface area contributed by atoms with Crippen molar-refractivity contribution in [1.29, 1.82) is 0 Å². The minimum absolute atomic E-state index is 0.0471. The average Bonchev–Trinajstić information content (AvgIpc) is 2.13. The quantitative estimate of drug-likeness (QED) is 0.696. The molecule has 1 heterocycles. The summed E-state index contributed by atoms with van der Waals surface area (Å²) in [6.45, 7) is 5.28. The number of allylic oxidation sites excluding steroid dienone is 2. The molecule has 2 nitrogen and oxygen atoms in total. The van der Waals surface area contributed by atoms with E-state index in [1.165, 1.54) is 4.48 Å². The molecule has 0 aromatic heterocycles. The number of hydrogen-bond acceptors (Lipinski definition) is 2. The molecule has 0 spiro atoms. The van der Waals surface area contributed by atoms with E-state index in [1.807, 2.05) is 6.08 Å². The highest BCUT2D eigenvalue weighted by atomic mass is 79.9. The minimum Gasteiger partial charge on any atom is -0.389 e. The lowest BCUT2D eigenvalue weighted by molar-refractivity contribution is 0.147. The third-order valence-electron chi connectivity index (χ3n) is 3.24. The van der Waals surface area contributed by atoms with Gasteiger partial charge in [-0.05, 0) is 18.5 Å². The van der Waals surface area contributed by atoms with Gasteiger partial charge < -0.3 is 10.4 Å². The van der Waals surface area contributed by atoms with Gasteiger partial charge in [0, 0.05) is 15.9 Å². The molecule has 2 N–H and O–H groups in total. The van der Waals surface area contributed by atoms with Gasteiger partial charge in [0.1, 0.15) is 0 Å². The van der Waals surface area contributed by atoms with E-state index >= 15 is 0 Å². The van der Waals surface area contributed by atoms with Crippen LogP contribution in [0, 0.1) is 5.41 Å². The van der Waals surface area contributed by atoms with Gasteiger partial charge in [-0.15, -0.1) is 0 Å². The van der Waals surface area contributed by atoms with Crippen LogP contribution in [-0.2, 0) is 0 Å². The maximum absolute atomic E-state index is 9.87. The Morgan fingerprint density at radius 3 is 2.93 bits per heavy atom. The highest BCUT2D eigenvalue weighted by molar-refractivity contribution is 9.11. The Kier molecular flexibility index (Phi) is 2.58. The maximum atomic E-state index is 9.87. The van der Waals surface area contributed by atoms with Crippen LogP contribution in [0.1, 0.15) is 20.3 Å². The minimum atomic E-state index is -0.266. The first-order valence-corrected chi connectivity index (χ1v) is 5.82. The zero-order valence-corrected chi connectivity index (χ0v) is 10.1. The molecule has 14 heavy (non-hydrogen) atoms. The van der Waals surface area contributed by atoms with Gasteiger partial charge in [0.15, 0.2) is 0 Å². The summed E-state index contributed by atoms with van der Waals surface area (Å²) in [6, 6.07) is 0.269. The molecular weight excluding hydrogens is 242 g/mol. The first kappa shape index (κ1) is 10.4. The Hall–Kier alpha value is -0.120. The third kappa shape index (κ3) is 1.47. The van der Waals surface area contributed by atoms with Gasteiger partial charge in [-0.3, -0.25) is 0 Å². The van der Waals surface area contributed by atoms with E-state index in [4.69, 9.17) is 0 Å². The Morgan fingerprint density at radius 2 is 2.21 bits per heavy atom. The van der Waals surface area contributed by atoms with Gasteiger partial charge in [0.25, 0.3) is 0 Å². The number of fused-ring (bicyclic) bond motifs is 1. The van der Waals surface area contributed by atoms with E-state index in [2.05, 4.69) is 41.2 Å². The van der Waals surface area contributed by atoms with Gasteiger partial charge in [-0.2, -0.15) is 0 Å². The summed E-state index contributed by atoms with van der Waals surface area (Å²) in [6.07, 6.45) is 4.65. The van der Waals surface area contributed by atoms with Crippen LogP contribution >= 0.6 is 15.9 Å². The predicted molar refractivity (Wildman–Crippen MR) is 61.3 cm³/mol. The molecule has 0 aromatic carbocycles. The highest BCUT2D eigenvalue weighted by Gasteiger charge is 2.40. The first-order chi connectivity index (χ1) is 6.53. The summed E-state index contributed by atoms with van der Waals surface area (Å²) >= 11 is 3.59. The Morgan fingerprint density at radius 1 is 1.50 bits per heavy atom. The molecule has 2 unspecified atom stereocenters. The third-order valence-corrected chi connectivity index (χ3v) is 4.53. The molecule has 0 radical (unpaired) electrons. The molecule has 2 aliphatic rings. The first-order valence-electron chi connectivity index (χ1n) is 5.02. The monoisotopic (exact) mass is 257 g/mol. The maximum Gasteiger partial charge on any atom is 0.0780 e. The number of rotatable bonds is 0. The number of hydrogen-bond donors (Lipinski definition) is 2. The Labute approximate surface area is 93.2 Å². The number of nitrogens with one attached hydrogen (secondary N) is 1. The van der Waals surface area contributed by atoms with E-state index in [0.717, 1.165) is 18.5 Å². The van der Waals surface area contributed by atoms with Gasteiger partial charge in [0.2, 0.25) is 0 Å². The number of halogens is 1. The number of piperidine rings is 1. The molecule has 1 aliphatic carbocycles. The van der Waals surface area contributed by atoms with Crippen molar-refractivity contribution in [1.82, 2.24) is 5.32 Å². The summed E-state index contributed by atoms with van der Waals surface area (Å²) in [5.41, 5.74) is 1.18. The van der Waals surface area contributed by atoms with Crippen LogP contribution in [0.25, 0.3) is 0 Å². The summed E-state index contributed by atoms with van der Waals surface area (Å²) < 4.78 is 1.19. The van der Waals surface area contributed by atoms with Crippen LogP contribution in [-0.4, -0.2) is 23.8 Å². The van der Waals surface area contributed by atoms with Crippen LogP contribution in [0.15, 0.2) is 22.2 Å². The molecule has 2 rings (SSSR count). The summed E-state index contributed by atoms with van der Waals surface area (Å²) in [5, 5.41) is 13.3. The average molecular weight is 258 g/mol. The van der Waals surface area contributed by atoms with Crippen LogP contribution < -0.4 is 5.32 Å². The second-order valence-electron chi connectivity index (χ2n) is 4.59. The normalized spacial score (nSPS) is 35.7. The van der Waals surface area contributed by atoms with Crippen molar-refractivity contribution in [3.63, 3.8) is 0 Å². The van der Waals surface area contributed by atoms with Crippen LogP contribution in [0.4, 0.5) is 0 Å². The standard InChI is InChI=1S/C11H16BrNO/c1-11(2)9(12)4-3-7-8(14)5-6-13-10(7)11/h3-4,8,10,13-14H,5-6H2,1-2H3. The SMILES string of the molecule is CC1(C)C(Br)=CC=C2C(O)CCNC21. The summed E-state index contributed by atoms with van der Waals surface area (Å²) in [7, 11) is 0. The van der Waals surface area contributed by atoms with Crippen molar-refractivity contribution in [3.05, 3.63) is 22.2 Å². The fourth-order valence-electron chi connectivity index (χ4n) is 2.24. The molecule has 1 saturated heterocycles. The fourth-order valence-corrected chi connectivity index (χ4v) is 2.60. The lowest BCUT2D eigenvalue weighted by Crippen LogP contribution is -2.51. The molecule has 0 amide bonds. The molecular formula is C11H16BrNO. The van der Waals surface area contributed by atoms with Crippen molar-refractivity contribution in [2.45, 2.75) is 32.4 Å². The lowest BCUT2D eigenvalue weighted by atomic mass is 9.73. The van der Waals surface area contributed by atoms with E-state index in [1.54, 1.807) is 0 Å². The molecule has 0 aromatic rings. The second-order valence-corrected chi connectivity index (χ2v) is 5.45. The molecule has 0 saturated carbocycles. The topological polar surface area (TPSA) is 32.3 Å². The van der Waals surface area contributed by atoms with Gasteiger partial charge in [-0.25, -0.2) is 0 Å². The zero-order chi connectivity index (χ0) is 10.3. The summed E-state index contributed by atoms with van der Waals surface area (Å²) in [4.78, 5) is 0. The highest BCUT2D eigenvalue weighted by Crippen LogP contribution is 2.42. The van der Waals surface area contributed by atoms with Crippen molar-refractivity contribution < 1.29 is 5.11 Å². The van der Waals surface area contributed by atoms with Crippen LogP contribution in [0.3, 0.4) is 0 Å². The molecule has 1 aliphatic heterocycles. The Bertz CT molecular complexity index is 306. The molecule has 2 atom stereocenters. The summed E-state index contributed by atoms with van der Waals surface area (Å²) in [5.74, 6) is 0. The zero-order valence-electron chi connectivity index (χ0n) is 8.55. The van der Waals surface area contributed by atoms with Crippen LogP contribution in [0.5, 0.6) is 0 Å². The molecule has 0 bridgehead atoms. The van der Waals surface area contributed by atoms with Crippen LogP contribution in [0.2, 0.25) is 0 Å². The van der Waals surface area contributed by atoms with Crippen molar-refractivity contribution in [3.8, 4) is 0 Å². The number of aliphatic hydroxyl groups excluding tert-OH is 1. The predicted octanol–water partition coefficient (Wildman–Crippen LogP) is 1.95. The molecule has 1 fully saturated rings. The number of aliphatic hydroxyl groups is 1. The fraction of sp³-hybridized carbons (Fsp3) is 0.636. The smallest absolute Gasteiger partial charge is 0.0780 e. The van der Waals surface area contributed by atoms with Gasteiger partial charge >= 0.3 is 0 Å². The van der Waals surface area contributed by atoms with Crippen molar-refractivity contribution in [2.75, 3.05) is 6.54 Å². The van der Waals surface area contributed by atoms with E-state index in [9.17, 15) is 5.11 Å². The van der Waals surface area contributed by atoms with Gasteiger partial charge in [-0.1, -0.05) is 41.9 Å². The van der Waals surface area contributed by atoms with Crippen molar-refractivity contribution >= 4 is 15.9 Å². The van der Waals surface area contributed by atoms with E-state index in [-0.39, 0.29) is 17.6 Å². The molecule has 78 valence electrons.